The maximum Gasteiger partial charge on any atom is 0.206 e. The Balaban J connectivity index is 2.05. The zero-order valence-corrected chi connectivity index (χ0v) is 11.0. The summed E-state index contributed by atoms with van der Waals surface area (Å²) in [7, 11) is 0. The van der Waals surface area contributed by atoms with Crippen molar-refractivity contribution in [2.45, 2.75) is 19.4 Å². The lowest BCUT2D eigenvalue weighted by atomic mass is 9.92. The molecule has 4 nitrogen and oxygen atoms in total. The summed E-state index contributed by atoms with van der Waals surface area (Å²) in [5, 5.41) is 0. The van der Waals surface area contributed by atoms with Gasteiger partial charge < -0.3 is 4.57 Å². The van der Waals surface area contributed by atoms with Crippen LogP contribution in [0.1, 0.15) is 39.4 Å². The Morgan fingerprint density at radius 1 is 1.15 bits per heavy atom. The summed E-state index contributed by atoms with van der Waals surface area (Å²) in [5.41, 5.74) is 2.96. The van der Waals surface area contributed by atoms with Crippen molar-refractivity contribution in [3.63, 3.8) is 0 Å². The molecule has 4 heteroatoms. The number of benzene rings is 1. The standard InChI is InChI=1S/C16H12N2O2/c1-9-8-18-15-13(20)7-6-12(19)14(15)17-16(18)11-5-3-2-4-10(9)11/h2-7,9H,8H2,1H3. The second kappa shape index (κ2) is 3.76. The van der Waals surface area contributed by atoms with Crippen molar-refractivity contribution >= 4 is 11.6 Å². The zero-order chi connectivity index (χ0) is 13.9. The highest BCUT2D eigenvalue weighted by atomic mass is 16.1. The van der Waals surface area contributed by atoms with E-state index in [1.165, 1.54) is 17.7 Å². The lowest BCUT2D eigenvalue weighted by Gasteiger charge is -2.25. The van der Waals surface area contributed by atoms with E-state index in [4.69, 9.17) is 0 Å². The van der Waals surface area contributed by atoms with E-state index in [9.17, 15) is 9.59 Å². The highest BCUT2D eigenvalue weighted by molar-refractivity contribution is 6.21. The number of fused-ring (bicyclic) bond motifs is 5. The van der Waals surface area contributed by atoms with Crippen LogP contribution in [-0.2, 0) is 6.54 Å². The molecule has 20 heavy (non-hydrogen) atoms. The molecule has 2 aliphatic rings. The molecule has 0 radical (unpaired) electrons. The van der Waals surface area contributed by atoms with Crippen molar-refractivity contribution in [3.8, 4) is 11.4 Å². The zero-order valence-electron chi connectivity index (χ0n) is 11.0. The Kier molecular flexibility index (Phi) is 2.13. The highest BCUT2D eigenvalue weighted by Gasteiger charge is 2.32. The molecule has 0 saturated heterocycles. The fourth-order valence-electron chi connectivity index (χ4n) is 3.07. The van der Waals surface area contributed by atoms with Crippen LogP contribution in [0.15, 0.2) is 36.4 Å². The molecule has 4 rings (SSSR count). The summed E-state index contributed by atoms with van der Waals surface area (Å²) in [6, 6.07) is 8.04. The highest BCUT2D eigenvalue weighted by Crippen LogP contribution is 2.37. The molecule has 0 amide bonds. The van der Waals surface area contributed by atoms with Crippen molar-refractivity contribution in [2.75, 3.05) is 0 Å². The Morgan fingerprint density at radius 3 is 2.75 bits per heavy atom. The molecule has 1 aliphatic carbocycles. The third-order valence-corrected chi connectivity index (χ3v) is 4.01. The van der Waals surface area contributed by atoms with Gasteiger partial charge >= 0.3 is 0 Å². The number of rotatable bonds is 0. The number of carbonyl (C=O) groups is 2. The molecule has 1 aromatic heterocycles. The minimum absolute atomic E-state index is 0.134. The van der Waals surface area contributed by atoms with Crippen molar-refractivity contribution < 1.29 is 9.59 Å². The summed E-state index contributed by atoms with van der Waals surface area (Å²) in [4.78, 5) is 28.5. The smallest absolute Gasteiger partial charge is 0.206 e. The average molecular weight is 264 g/mol. The number of aromatic nitrogens is 2. The number of hydrogen-bond donors (Lipinski definition) is 0. The second-order valence-corrected chi connectivity index (χ2v) is 5.29. The number of imidazole rings is 1. The maximum atomic E-state index is 12.1. The molecular formula is C16H12N2O2. The van der Waals surface area contributed by atoms with Crippen LogP contribution in [0.25, 0.3) is 11.4 Å². The van der Waals surface area contributed by atoms with Gasteiger partial charge in [-0.25, -0.2) is 4.98 Å². The van der Waals surface area contributed by atoms with Gasteiger partial charge in [0, 0.05) is 12.1 Å². The van der Waals surface area contributed by atoms with Crippen molar-refractivity contribution in [3.05, 3.63) is 53.4 Å². The first-order valence-electron chi connectivity index (χ1n) is 6.63. The Bertz CT molecular complexity index is 799. The lowest BCUT2D eigenvalue weighted by Crippen LogP contribution is -2.20. The van der Waals surface area contributed by atoms with E-state index in [1.807, 2.05) is 22.8 Å². The van der Waals surface area contributed by atoms with Gasteiger partial charge in [0.15, 0.2) is 0 Å². The number of hydrogen-bond acceptors (Lipinski definition) is 3. The first-order valence-corrected chi connectivity index (χ1v) is 6.63. The van der Waals surface area contributed by atoms with Gasteiger partial charge in [-0.15, -0.1) is 0 Å². The molecule has 0 spiro atoms. The molecule has 0 fully saturated rings. The van der Waals surface area contributed by atoms with Gasteiger partial charge in [0.2, 0.25) is 11.6 Å². The normalized spacial score (nSPS) is 19.6. The number of carbonyl (C=O) groups excluding carboxylic acids is 2. The molecule has 0 saturated carbocycles. The molecule has 1 unspecified atom stereocenters. The van der Waals surface area contributed by atoms with Crippen molar-refractivity contribution in [1.29, 1.82) is 0 Å². The number of allylic oxidation sites excluding steroid dienone is 2. The Hall–Kier alpha value is -2.49. The van der Waals surface area contributed by atoms with Crippen LogP contribution in [0.5, 0.6) is 0 Å². The van der Waals surface area contributed by atoms with Gasteiger partial charge in [-0.2, -0.15) is 0 Å². The van der Waals surface area contributed by atoms with Crippen LogP contribution in [0, 0.1) is 0 Å². The fraction of sp³-hybridized carbons (Fsp3) is 0.188. The third kappa shape index (κ3) is 1.33. The average Bonchev–Trinajstić information content (AvgIpc) is 2.84. The first kappa shape index (κ1) is 11.3. The molecule has 2 aromatic rings. The molecule has 1 aromatic carbocycles. The van der Waals surface area contributed by atoms with Gasteiger partial charge in [-0.05, 0) is 23.6 Å². The quantitative estimate of drug-likeness (QED) is 0.735. The van der Waals surface area contributed by atoms with E-state index in [-0.39, 0.29) is 17.3 Å². The first-order chi connectivity index (χ1) is 9.66. The van der Waals surface area contributed by atoms with E-state index < -0.39 is 0 Å². The molecule has 0 N–H and O–H groups in total. The number of nitrogens with zero attached hydrogens (tertiary/aromatic N) is 2. The lowest BCUT2D eigenvalue weighted by molar-refractivity contribution is 0.0986. The van der Waals surface area contributed by atoms with E-state index in [1.54, 1.807) is 0 Å². The van der Waals surface area contributed by atoms with Crippen LogP contribution in [0.3, 0.4) is 0 Å². The predicted molar refractivity (Wildman–Crippen MR) is 73.9 cm³/mol. The molecule has 98 valence electrons. The summed E-state index contributed by atoms with van der Waals surface area (Å²) in [6.07, 6.45) is 2.64. The second-order valence-electron chi connectivity index (χ2n) is 5.29. The van der Waals surface area contributed by atoms with Crippen LogP contribution in [0.4, 0.5) is 0 Å². The maximum absolute atomic E-state index is 12.1. The minimum Gasteiger partial charge on any atom is -0.320 e. The summed E-state index contributed by atoms with van der Waals surface area (Å²) >= 11 is 0. The van der Waals surface area contributed by atoms with Gasteiger partial charge in [0.1, 0.15) is 17.2 Å². The fourth-order valence-corrected chi connectivity index (χ4v) is 3.07. The SMILES string of the molecule is CC1Cn2c(nc3c2C(=O)C=CC3=O)-c2ccccc21. The topological polar surface area (TPSA) is 52.0 Å². The predicted octanol–water partition coefficient (Wildman–Crippen LogP) is 2.60. The Labute approximate surface area is 115 Å². The van der Waals surface area contributed by atoms with Crippen molar-refractivity contribution in [2.24, 2.45) is 0 Å². The van der Waals surface area contributed by atoms with E-state index in [0.717, 1.165) is 11.4 Å². The van der Waals surface area contributed by atoms with Crippen LogP contribution in [-0.4, -0.2) is 21.1 Å². The van der Waals surface area contributed by atoms with E-state index in [2.05, 4.69) is 18.0 Å². The molecular weight excluding hydrogens is 252 g/mol. The van der Waals surface area contributed by atoms with Crippen LogP contribution in [0.2, 0.25) is 0 Å². The molecule has 0 bridgehead atoms. The van der Waals surface area contributed by atoms with E-state index >= 15 is 0 Å². The summed E-state index contributed by atoms with van der Waals surface area (Å²) in [5.74, 6) is 0.705. The Morgan fingerprint density at radius 2 is 1.90 bits per heavy atom. The van der Waals surface area contributed by atoms with Crippen LogP contribution < -0.4 is 0 Å². The van der Waals surface area contributed by atoms with Gasteiger partial charge in [0.25, 0.3) is 0 Å². The largest absolute Gasteiger partial charge is 0.320 e. The van der Waals surface area contributed by atoms with Crippen LogP contribution >= 0.6 is 0 Å². The van der Waals surface area contributed by atoms with Crippen molar-refractivity contribution in [1.82, 2.24) is 9.55 Å². The molecule has 1 atom stereocenters. The van der Waals surface area contributed by atoms with Gasteiger partial charge in [-0.1, -0.05) is 31.2 Å². The third-order valence-electron chi connectivity index (χ3n) is 4.01. The monoisotopic (exact) mass is 264 g/mol. The van der Waals surface area contributed by atoms with Gasteiger partial charge in [0.05, 0.1) is 0 Å². The molecule has 2 heterocycles. The summed E-state index contributed by atoms with van der Waals surface area (Å²) in [6.45, 7) is 2.81. The van der Waals surface area contributed by atoms with Gasteiger partial charge in [-0.3, -0.25) is 9.59 Å². The summed E-state index contributed by atoms with van der Waals surface area (Å²) < 4.78 is 1.89. The van der Waals surface area contributed by atoms with E-state index in [0.29, 0.717) is 18.2 Å². The molecule has 1 aliphatic heterocycles. The number of ketones is 2. The minimum atomic E-state index is -0.188.